The van der Waals surface area contributed by atoms with Gasteiger partial charge in [0.15, 0.2) is 0 Å². The third-order valence-electron chi connectivity index (χ3n) is 2.67. The van der Waals surface area contributed by atoms with E-state index in [0.29, 0.717) is 18.6 Å². The van der Waals surface area contributed by atoms with Crippen LogP contribution in [0.15, 0.2) is 18.2 Å². The summed E-state index contributed by atoms with van der Waals surface area (Å²) in [4.78, 5) is 11.1. The van der Waals surface area contributed by atoms with Gasteiger partial charge in [0.25, 0.3) is 0 Å². The summed E-state index contributed by atoms with van der Waals surface area (Å²) in [6.07, 6.45) is 0.995. The Kier molecular flexibility index (Phi) is 2.99. The minimum atomic E-state index is -0.187. The van der Waals surface area contributed by atoms with Gasteiger partial charge in [-0.1, -0.05) is 0 Å². The van der Waals surface area contributed by atoms with Crippen LogP contribution in [0, 0.1) is 0 Å². The van der Waals surface area contributed by atoms with E-state index in [0.717, 1.165) is 11.3 Å². The van der Waals surface area contributed by atoms with Gasteiger partial charge in [-0.15, -0.1) is 0 Å². The molecule has 2 rings (SSSR count). The fourth-order valence-electron chi connectivity index (χ4n) is 1.83. The summed E-state index contributed by atoms with van der Waals surface area (Å²) in [6, 6.07) is 5.51. The number of carbonyl (C=O) groups is 1. The molecule has 16 heavy (non-hydrogen) atoms. The predicted molar refractivity (Wildman–Crippen MR) is 57.6 cm³/mol. The van der Waals surface area contributed by atoms with Gasteiger partial charge in [-0.05, 0) is 18.6 Å². The highest BCUT2D eigenvalue weighted by Crippen LogP contribution is 2.36. The molecular weight excluding hydrogens is 208 g/mol. The number of benzene rings is 1. The second-order valence-electron chi connectivity index (χ2n) is 3.63. The summed E-state index contributed by atoms with van der Waals surface area (Å²) < 4.78 is 15.6. The lowest BCUT2D eigenvalue weighted by atomic mass is 10.1. The molecule has 86 valence electrons. The molecule has 0 saturated carbocycles. The van der Waals surface area contributed by atoms with Crippen LogP contribution < -0.4 is 9.47 Å². The maximum Gasteiger partial charge on any atom is 0.306 e. The van der Waals surface area contributed by atoms with Crippen molar-refractivity contribution in [1.29, 1.82) is 0 Å². The molecule has 0 spiro atoms. The molecule has 1 unspecified atom stereocenters. The molecule has 0 aromatic heterocycles. The van der Waals surface area contributed by atoms with Crippen LogP contribution in [0.3, 0.4) is 0 Å². The molecule has 0 aliphatic carbocycles. The van der Waals surface area contributed by atoms with Crippen LogP contribution in [0.5, 0.6) is 11.5 Å². The Morgan fingerprint density at radius 2 is 2.12 bits per heavy atom. The summed E-state index contributed by atoms with van der Waals surface area (Å²) in [5, 5.41) is 0. The van der Waals surface area contributed by atoms with Gasteiger partial charge < -0.3 is 14.2 Å². The molecule has 4 nitrogen and oxygen atoms in total. The molecule has 1 aliphatic heterocycles. The van der Waals surface area contributed by atoms with Crippen molar-refractivity contribution in [3.05, 3.63) is 23.8 Å². The van der Waals surface area contributed by atoms with Crippen molar-refractivity contribution in [3.63, 3.8) is 0 Å². The maximum absolute atomic E-state index is 11.1. The van der Waals surface area contributed by atoms with E-state index < -0.39 is 0 Å². The number of hydrogen-bond donors (Lipinski definition) is 0. The molecule has 0 bridgehead atoms. The lowest BCUT2D eigenvalue weighted by Crippen LogP contribution is -2.01. The lowest BCUT2D eigenvalue weighted by molar-refractivity contribution is -0.141. The van der Waals surface area contributed by atoms with E-state index in [1.807, 2.05) is 12.1 Å². The summed E-state index contributed by atoms with van der Waals surface area (Å²) in [5.74, 6) is 1.27. The lowest BCUT2D eigenvalue weighted by Gasteiger charge is -2.14. The Balaban J connectivity index is 2.29. The third-order valence-corrected chi connectivity index (χ3v) is 2.67. The van der Waals surface area contributed by atoms with Crippen molar-refractivity contribution < 1.29 is 19.0 Å². The second kappa shape index (κ2) is 4.43. The number of rotatable bonds is 3. The van der Waals surface area contributed by atoms with E-state index in [1.165, 1.54) is 0 Å². The Morgan fingerprint density at radius 3 is 2.69 bits per heavy atom. The van der Waals surface area contributed by atoms with Gasteiger partial charge in [-0.2, -0.15) is 0 Å². The van der Waals surface area contributed by atoms with Crippen LogP contribution in [0.1, 0.15) is 24.5 Å². The minimum Gasteiger partial charge on any atom is -0.497 e. The Labute approximate surface area is 94.1 Å². The third kappa shape index (κ3) is 1.96. The molecule has 1 aromatic carbocycles. The van der Waals surface area contributed by atoms with E-state index in [1.54, 1.807) is 20.3 Å². The monoisotopic (exact) mass is 222 g/mol. The molecule has 1 saturated heterocycles. The van der Waals surface area contributed by atoms with E-state index in [2.05, 4.69) is 0 Å². The maximum atomic E-state index is 11.1. The van der Waals surface area contributed by atoms with Crippen LogP contribution in [-0.2, 0) is 9.53 Å². The normalized spacial score (nSPS) is 19.4. The van der Waals surface area contributed by atoms with E-state index in [-0.39, 0.29) is 12.1 Å². The van der Waals surface area contributed by atoms with E-state index >= 15 is 0 Å². The first-order valence-electron chi connectivity index (χ1n) is 5.16. The van der Waals surface area contributed by atoms with Crippen LogP contribution in [0.25, 0.3) is 0 Å². The van der Waals surface area contributed by atoms with Gasteiger partial charge in [-0.3, -0.25) is 4.79 Å². The number of carbonyl (C=O) groups excluding carboxylic acids is 1. The zero-order valence-corrected chi connectivity index (χ0v) is 9.36. The molecule has 1 atom stereocenters. The Morgan fingerprint density at radius 1 is 1.31 bits per heavy atom. The van der Waals surface area contributed by atoms with Crippen molar-refractivity contribution >= 4 is 5.97 Å². The van der Waals surface area contributed by atoms with E-state index in [9.17, 15) is 4.79 Å². The quantitative estimate of drug-likeness (QED) is 0.734. The summed E-state index contributed by atoms with van der Waals surface area (Å²) in [5.41, 5.74) is 0.897. The van der Waals surface area contributed by atoms with Crippen molar-refractivity contribution in [2.45, 2.75) is 18.9 Å². The molecule has 1 aliphatic rings. The molecule has 0 amide bonds. The van der Waals surface area contributed by atoms with Gasteiger partial charge in [0.2, 0.25) is 0 Å². The first kappa shape index (κ1) is 10.8. The van der Waals surface area contributed by atoms with Gasteiger partial charge in [0.1, 0.15) is 17.6 Å². The fraction of sp³-hybridized carbons (Fsp3) is 0.417. The molecule has 0 N–H and O–H groups in total. The number of methoxy groups -OCH3 is 2. The second-order valence-corrected chi connectivity index (χ2v) is 3.63. The number of esters is 1. The summed E-state index contributed by atoms with van der Waals surface area (Å²) in [7, 11) is 3.19. The Hall–Kier alpha value is -1.71. The van der Waals surface area contributed by atoms with Gasteiger partial charge >= 0.3 is 5.97 Å². The van der Waals surface area contributed by atoms with Crippen molar-refractivity contribution in [2.24, 2.45) is 0 Å². The molecule has 0 radical (unpaired) electrons. The largest absolute Gasteiger partial charge is 0.497 e. The van der Waals surface area contributed by atoms with Crippen molar-refractivity contribution in [3.8, 4) is 11.5 Å². The highest BCUT2D eigenvalue weighted by atomic mass is 16.6. The summed E-state index contributed by atoms with van der Waals surface area (Å²) >= 11 is 0. The molecule has 4 heteroatoms. The van der Waals surface area contributed by atoms with Gasteiger partial charge in [-0.25, -0.2) is 0 Å². The van der Waals surface area contributed by atoms with Crippen LogP contribution in [0.4, 0.5) is 0 Å². The van der Waals surface area contributed by atoms with Gasteiger partial charge in [0, 0.05) is 18.1 Å². The van der Waals surface area contributed by atoms with Crippen LogP contribution in [-0.4, -0.2) is 20.2 Å². The van der Waals surface area contributed by atoms with Crippen molar-refractivity contribution in [2.75, 3.05) is 14.2 Å². The predicted octanol–water partition coefficient (Wildman–Crippen LogP) is 2.08. The molecule has 1 fully saturated rings. The average molecular weight is 222 g/mol. The fourth-order valence-corrected chi connectivity index (χ4v) is 1.83. The standard InChI is InChI=1S/C12H14O4/c1-14-8-3-4-9(11(7-8)15-2)10-5-6-12(13)16-10/h3-4,7,10H,5-6H2,1-2H3. The average Bonchev–Trinajstić information content (AvgIpc) is 2.74. The zero-order chi connectivity index (χ0) is 11.5. The first-order chi connectivity index (χ1) is 7.74. The smallest absolute Gasteiger partial charge is 0.306 e. The topological polar surface area (TPSA) is 44.8 Å². The first-order valence-corrected chi connectivity index (χ1v) is 5.16. The Bertz CT molecular complexity index is 400. The SMILES string of the molecule is COc1ccc(C2CCC(=O)O2)c(OC)c1. The number of cyclic esters (lactones) is 1. The number of ether oxygens (including phenoxy) is 3. The highest BCUT2D eigenvalue weighted by Gasteiger charge is 2.27. The molecular formula is C12H14O4. The van der Waals surface area contributed by atoms with Gasteiger partial charge in [0.05, 0.1) is 14.2 Å². The number of hydrogen-bond acceptors (Lipinski definition) is 4. The summed E-state index contributed by atoms with van der Waals surface area (Å²) in [6.45, 7) is 0. The van der Waals surface area contributed by atoms with Crippen LogP contribution in [0.2, 0.25) is 0 Å². The highest BCUT2D eigenvalue weighted by molar-refractivity contribution is 5.72. The van der Waals surface area contributed by atoms with Crippen LogP contribution >= 0.6 is 0 Å². The van der Waals surface area contributed by atoms with E-state index in [4.69, 9.17) is 14.2 Å². The molecule has 1 aromatic rings. The zero-order valence-electron chi connectivity index (χ0n) is 9.36. The molecule has 1 heterocycles. The minimum absolute atomic E-state index is 0.150. The van der Waals surface area contributed by atoms with Crippen molar-refractivity contribution in [1.82, 2.24) is 0 Å².